The van der Waals surface area contributed by atoms with Crippen molar-refractivity contribution < 1.29 is 14.5 Å². The van der Waals surface area contributed by atoms with E-state index >= 15 is 0 Å². The predicted octanol–water partition coefficient (Wildman–Crippen LogP) is 4.29. The third-order valence-corrected chi connectivity index (χ3v) is 6.17. The number of ether oxygens (including phenoxy) is 1. The Hall–Kier alpha value is -3.39. The Balaban J connectivity index is 1.41. The fourth-order valence-corrected chi connectivity index (χ4v) is 4.34. The number of hydrogen-bond donors (Lipinski definition) is 2. The number of methoxy groups -OCH3 is 1. The van der Waals surface area contributed by atoms with Crippen LogP contribution in [0.5, 0.6) is 5.75 Å². The zero-order chi connectivity index (χ0) is 22.0. The molecule has 1 aliphatic heterocycles. The summed E-state index contributed by atoms with van der Waals surface area (Å²) in [6.07, 6.45) is 4.05. The van der Waals surface area contributed by atoms with E-state index in [2.05, 4.69) is 39.6 Å². The maximum atomic E-state index is 12.9. The van der Waals surface area contributed by atoms with E-state index in [1.165, 1.54) is 36.3 Å². The number of nitro benzene ring substituents is 1. The molecule has 0 unspecified atom stereocenters. The number of carbonyl (C=O) groups is 1. The molecule has 1 aliphatic rings. The Morgan fingerprint density at radius 2 is 2.00 bits per heavy atom. The number of likely N-dealkylation sites (tertiary alicyclic amines) is 1. The Labute approximate surface area is 180 Å². The molecule has 0 saturated carbocycles. The van der Waals surface area contributed by atoms with Gasteiger partial charge in [-0.1, -0.05) is 18.2 Å². The Bertz CT molecular complexity index is 1100. The molecular formula is C23H26N4O4. The van der Waals surface area contributed by atoms with Crippen LogP contribution >= 0.6 is 0 Å². The summed E-state index contributed by atoms with van der Waals surface area (Å²) in [5.74, 6) is 0.646. The lowest BCUT2D eigenvalue weighted by molar-refractivity contribution is -0.384. The van der Waals surface area contributed by atoms with Crippen molar-refractivity contribution in [3.63, 3.8) is 0 Å². The number of rotatable bonds is 6. The van der Waals surface area contributed by atoms with Gasteiger partial charge in [-0.25, -0.2) is 0 Å². The summed E-state index contributed by atoms with van der Waals surface area (Å²) in [5, 5.41) is 15.1. The van der Waals surface area contributed by atoms with Gasteiger partial charge in [0.05, 0.1) is 23.8 Å². The third kappa shape index (κ3) is 4.25. The number of nitrogens with one attached hydrogen (secondary N) is 2. The molecule has 3 aromatic rings. The van der Waals surface area contributed by atoms with E-state index in [-0.39, 0.29) is 17.6 Å². The van der Waals surface area contributed by atoms with Gasteiger partial charge in [-0.15, -0.1) is 0 Å². The topological polar surface area (TPSA) is 100 Å². The molecule has 31 heavy (non-hydrogen) atoms. The maximum Gasteiger partial charge on any atom is 0.271 e. The predicted molar refractivity (Wildman–Crippen MR) is 120 cm³/mol. The van der Waals surface area contributed by atoms with Crippen LogP contribution in [0.1, 0.15) is 31.2 Å². The summed E-state index contributed by atoms with van der Waals surface area (Å²) in [6, 6.07) is 12.1. The van der Waals surface area contributed by atoms with Crippen molar-refractivity contribution in [2.75, 3.05) is 25.5 Å². The Morgan fingerprint density at radius 1 is 1.26 bits per heavy atom. The Kier molecular flexibility index (Phi) is 5.90. The third-order valence-electron chi connectivity index (χ3n) is 6.17. The lowest BCUT2D eigenvalue weighted by Crippen LogP contribution is -2.45. The first kappa shape index (κ1) is 20.9. The number of anilines is 1. The van der Waals surface area contributed by atoms with Crippen LogP contribution in [0.2, 0.25) is 0 Å². The molecule has 1 atom stereocenters. The van der Waals surface area contributed by atoms with Crippen LogP contribution in [0.4, 0.5) is 11.4 Å². The smallest absolute Gasteiger partial charge is 0.271 e. The van der Waals surface area contributed by atoms with Gasteiger partial charge >= 0.3 is 0 Å². The number of nitro groups is 1. The zero-order valence-electron chi connectivity index (χ0n) is 17.6. The average Bonchev–Trinajstić information content (AvgIpc) is 3.22. The van der Waals surface area contributed by atoms with E-state index in [1.54, 1.807) is 0 Å². The highest BCUT2D eigenvalue weighted by molar-refractivity contribution is 5.96. The summed E-state index contributed by atoms with van der Waals surface area (Å²) >= 11 is 0. The second-order valence-electron chi connectivity index (χ2n) is 7.91. The number of hydrogen-bond acceptors (Lipinski definition) is 5. The number of H-pyrrole nitrogens is 1. The molecule has 1 fully saturated rings. The summed E-state index contributed by atoms with van der Waals surface area (Å²) in [7, 11) is 1.47. The van der Waals surface area contributed by atoms with Crippen LogP contribution in [-0.4, -0.2) is 47.0 Å². The molecule has 0 aliphatic carbocycles. The Morgan fingerprint density at radius 3 is 2.71 bits per heavy atom. The highest BCUT2D eigenvalue weighted by Crippen LogP contribution is 2.34. The monoisotopic (exact) mass is 422 g/mol. The number of fused-ring (bicyclic) bond motifs is 1. The summed E-state index contributed by atoms with van der Waals surface area (Å²) < 4.78 is 5.24. The van der Waals surface area contributed by atoms with Crippen LogP contribution < -0.4 is 10.1 Å². The summed E-state index contributed by atoms with van der Waals surface area (Å²) in [5.41, 5.74) is 2.71. The number of aromatic nitrogens is 1. The van der Waals surface area contributed by atoms with Gasteiger partial charge in [-0.05, 0) is 56.5 Å². The van der Waals surface area contributed by atoms with Gasteiger partial charge < -0.3 is 15.0 Å². The van der Waals surface area contributed by atoms with Crippen molar-refractivity contribution >= 4 is 28.2 Å². The van der Waals surface area contributed by atoms with Gasteiger partial charge in [-0.2, -0.15) is 0 Å². The van der Waals surface area contributed by atoms with E-state index in [1.807, 2.05) is 13.0 Å². The molecule has 2 aromatic carbocycles. The zero-order valence-corrected chi connectivity index (χ0v) is 17.6. The SMILES string of the molecule is COc1ccc([N+](=O)[O-])cc1NC(=O)[C@H](C)N1CCC(c2c[nH]c3ccccc23)CC1. The van der Waals surface area contributed by atoms with Crippen molar-refractivity contribution in [3.8, 4) is 5.75 Å². The maximum absolute atomic E-state index is 12.9. The minimum atomic E-state index is -0.492. The molecule has 1 saturated heterocycles. The van der Waals surface area contributed by atoms with Gasteiger partial charge in [0.2, 0.25) is 5.91 Å². The van der Waals surface area contributed by atoms with Crippen molar-refractivity contribution in [2.45, 2.75) is 31.7 Å². The molecule has 8 heteroatoms. The molecule has 4 rings (SSSR count). The molecular weight excluding hydrogens is 396 g/mol. The van der Waals surface area contributed by atoms with Crippen molar-refractivity contribution in [3.05, 3.63) is 64.3 Å². The first-order valence-corrected chi connectivity index (χ1v) is 10.4. The largest absolute Gasteiger partial charge is 0.495 e. The number of para-hydroxylation sites is 1. The molecule has 1 amide bonds. The van der Waals surface area contributed by atoms with Gasteiger partial charge in [0.1, 0.15) is 5.75 Å². The number of nitrogens with zero attached hydrogens (tertiary/aromatic N) is 2. The fraction of sp³-hybridized carbons (Fsp3) is 0.348. The van der Waals surface area contributed by atoms with Gasteiger partial charge in [0, 0.05) is 29.2 Å². The van der Waals surface area contributed by atoms with Crippen LogP contribution in [0, 0.1) is 10.1 Å². The number of non-ortho nitro benzene ring substituents is 1. The van der Waals surface area contributed by atoms with E-state index in [0.717, 1.165) is 31.4 Å². The van der Waals surface area contributed by atoms with Crippen LogP contribution in [0.25, 0.3) is 10.9 Å². The number of carbonyl (C=O) groups excluding carboxylic acids is 1. The second kappa shape index (κ2) is 8.77. The van der Waals surface area contributed by atoms with Gasteiger partial charge in [0.25, 0.3) is 5.69 Å². The van der Waals surface area contributed by atoms with Crippen LogP contribution in [0.3, 0.4) is 0 Å². The number of piperidine rings is 1. The molecule has 0 bridgehead atoms. The molecule has 0 radical (unpaired) electrons. The van der Waals surface area contributed by atoms with Crippen molar-refractivity contribution in [1.82, 2.24) is 9.88 Å². The molecule has 8 nitrogen and oxygen atoms in total. The lowest BCUT2D eigenvalue weighted by Gasteiger charge is -2.35. The highest BCUT2D eigenvalue weighted by Gasteiger charge is 2.29. The quantitative estimate of drug-likeness (QED) is 0.456. The van der Waals surface area contributed by atoms with Gasteiger partial charge in [-0.3, -0.25) is 19.8 Å². The average molecular weight is 422 g/mol. The van der Waals surface area contributed by atoms with Crippen LogP contribution in [0.15, 0.2) is 48.7 Å². The molecule has 2 heterocycles. The number of benzene rings is 2. The highest BCUT2D eigenvalue weighted by atomic mass is 16.6. The normalized spacial score (nSPS) is 16.2. The minimum Gasteiger partial charge on any atom is -0.495 e. The number of aromatic amines is 1. The number of amides is 1. The van der Waals surface area contributed by atoms with Crippen molar-refractivity contribution in [1.29, 1.82) is 0 Å². The lowest BCUT2D eigenvalue weighted by atomic mass is 9.88. The summed E-state index contributed by atoms with van der Waals surface area (Å²) in [4.78, 5) is 29.0. The van der Waals surface area contributed by atoms with Gasteiger partial charge in [0.15, 0.2) is 0 Å². The van der Waals surface area contributed by atoms with E-state index in [9.17, 15) is 14.9 Å². The van der Waals surface area contributed by atoms with Crippen LogP contribution in [-0.2, 0) is 4.79 Å². The van der Waals surface area contributed by atoms with E-state index < -0.39 is 4.92 Å². The standard InChI is InChI=1S/C23H26N4O4/c1-15(23(28)25-21-13-17(27(29)30)7-8-22(21)31-2)26-11-9-16(10-12-26)19-14-24-20-6-4-3-5-18(19)20/h3-8,13-16,24H,9-12H2,1-2H3,(H,25,28)/t15-/m0/s1. The first-order valence-electron chi connectivity index (χ1n) is 10.4. The fourth-order valence-electron chi connectivity index (χ4n) is 4.34. The second-order valence-corrected chi connectivity index (χ2v) is 7.91. The van der Waals surface area contributed by atoms with E-state index in [0.29, 0.717) is 17.4 Å². The van der Waals surface area contributed by atoms with Crippen molar-refractivity contribution in [2.24, 2.45) is 0 Å². The molecule has 162 valence electrons. The van der Waals surface area contributed by atoms with E-state index in [4.69, 9.17) is 4.74 Å². The molecule has 1 aromatic heterocycles. The molecule has 2 N–H and O–H groups in total. The summed E-state index contributed by atoms with van der Waals surface area (Å²) in [6.45, 7) is 3.49. The molecule has 0 spiro atoms. The minimum absolute atomic E-state index is 0.0942. The first-order chi connectivity index (χ1) is 15.0.